The number of aromatic nitrogens is 1. The second-order valence-corrected chi connectivity index (χ2v) is 3.44. The van der Waals surface area contributed by atoms with E-state index in [0.29, 0.717) is 11.3 Å². The number of rotatable bonds is 3. The molecule has 0 spiro atoms. The Kier molecular flexibility index (Phi) is 2.96. The van der Waals surface area contributed by atoms with Gasteiger partial charge in [-0.3, -0.25) is 9.78 Å². The van der Waals surface area contributed by atoms with Crippen LogP contribution in [-0.2, 0) is 0 Å². The Bertz CT molecular complexity index is 509. The minimum absolute atomic E-state index is 0.506. The van der Waals surface area contributed by atoms with Gasteiger partial charge in [-0.25, -0.2) is 0 Å². The largest absolute Gasteiger partial charge is 0.455 e. The average Bonchev–Trinajstić information content (AvgIpc) is 2.32. The Balaban J connectivity index is 2.27. The number of para-hydroxylation sites is 1. The Labute approximate surface area is 93.7 Å². The third-order valence-electron chi connectivity index (χ3n) is 2.19. The van der Waals surface area contributed by atoms with Crippen molar-refractivity contribution in [3.8, 4) is 11.5 Å². The third kappa shape index (κ3) is 2.25. The summed E-state index contributed by atoms with van der Waals surface area (Å²) in [7, 11) is 0. The maximum Gasteiger partial charge on any atom is 0.151 e. The lowest BCUT2D eigenvalue weighted by Crippen LogP contribution is -1.90. The first-order valence-corrected chi connectivity index (χ1v) is 4.93. The van der Waals surface area contributed by atoms with E-state index in [9.17, 15) is 4.79 Å². The van der Waals surface area contributed by atoms with E-state index in [1.165, 1.54) is 6.20 Å². The highest BCUT2D eigenvalue weighted by molar-refractivity contribution is 5.74. The molecule has 16 heavy (non-hydrogen) atoms. The molecule has 2 aromatic rings. The molecule has 0 unspecified atom stereocenters. The van der Waals surface area contributed by atoms with E-state index in [2.05, 4.69) is 4.98 Å². The molecule has 0 saturated carbocycles. The summed E-state index contributed by atoms with van der Waals surface area (Å²) in [4.78, 5) is 14.5. The van der Waals surface area contributed by atoms with Gasteiger partial charge in [-0.1, -0.05) is 18.2 Å². The van der Waals surface area contributed by atoms with Crippen molar-refractivity contribution in [2.75, 3.05) is 0 Å². The lowest BCUT2D eigenvalue weighted by Gasteiger charge is -2.07. The highest BCUT2D eigenvalue weighted by Crippen LogP contribution is 2.23. The second-order valence-electron chi connectivity index (χ2n) is 3.44. The van der Waals surface area contributed by atoms with E-state index in [0.717, 1.165) is 17.6 Å². The number of ether oxygens (including phenoxy) is 1. The van der Waals surface area contributed by atoms with Crippen molar-refractivity contribution < 1.29 is 9.53 Å². The Morgan fingerprint density at radius 3 is 2.81 bits per heavy atom. The van der Waals surface area contributed by atoms with E-state index in [1.54, 1.807) is 12.3 Å². The standard InChI is InChI=1S/C13H11NO2/c1-10-4-2-3-5-13(10)16-12-6-11(9-15)7-14-8-12/h2-9H,1H3. The normalized spacial score (nSPS) is 9.81. The van der Waals surface area contributed by atoms with Gasteiger partial charge in [-0.2, -0.15) is 0 Å². The quantitative estimate of drug-likeness (QED) is 0.736. The molecule has 0 saturated heterocycles. The van der Waals surface area contributed by atoms with Gasteiger partial charge in [-0.15, -0.1) is 0 Å². The zero-order valence-electron chi connectivity index (χ0n) is 8.88. The lowest BCUT2D eigenvalue weighted by atomic mass is 10.2. The first-order valence-electron chi connectivity index (χ1n) is 4.93. The van der Waals surface area contributed by atoms with Crippen molar-refractivity contribution >= 4 is 6.29 Å². The molecule has 80 valence electrons. The SMILES string of the molecule is Cc1ccccc1Oc1cncc(C=O)c1. The van der Waals surface area contributed by atoms with Gasteiger partial charge in [0.25, 0.3) is 0 Å². The smallest absolute Gasteiger partial charge is 0.151 e. The van der Waals surface area contributed by atoms with Crippen molar-refractivity contribution in [1.82, 2.24) is 4.98 Å². The summed E-state index contributed by atoms with van der Waals surface area (Å²) in [5.41, 5.74) is 1.55. The predicted octanol–water partition coefficient (Wildman–Crippen LogP) is 2.99. The minimum Gasteiger partial charge on any atom is -0.455 e. The summed E-state index contributed by atoms with van der Waals surface area (Å²) in [6, 6.07) is 9.35. The van der Waals surface area contributed by atoms with Gasteiger partial charge in [0.1, 0.15) is 11.5 Å². The molecule has 1 aromatic carbocycles. The summed E-state index contributed by atoms with van der Waals surface area (Å²) in [5, 5.41) is 0. The van der Waals surface area contributed by atoms with Crippen molar-refractivity contribution in [2.45, 2.75) is 6.92 Å². The van der Waals surface area contributed by atoms with Gasteiger partial charge < -0.3 is 4.74 Å². The van der Waals surface area contributed by atoms with Crippen LogP contribution in [0.5, 0.6) is 11.5 Å². The molecule has 0 N–H and O–H groups in total. The molecule has 0 aliphatic rings. The van der Waals surface area contributed by atoms with Gasteiger partial charge >= 0.3 is 0 Å². The van der Waals surface area contributed by atoms with Gasteiger partial charge in [0.15, 0.2) is 6.29 Å². The average molecular weight is 213 g/mol. The summed E-state index contributed by atoms with van der Waals surface area (Å²) >= 11 is 0. The van der Waals surface area contributed by atoms with E-state index < -0.39 is 0 Å². The van der Waals surface area contributed by atoms with Crippen molar-refractivity contribution in [3.05, 3.63) is 53.9 Å². The van der Waals surface area contributed by atoms with Crippen LogP contribution in [0, 0.1) is 6.92 Å². The lowest BCUT2D eigenvalue weighted by molar-refractivity contribution is 0.112. The second kappa shape index (κ2) is 4.57. The molecule has 0 atom stereocenters. The van der Waals surface area contributed by atoms with Crippen LogP contribution in [-0.4, -0.2) is 11.3 Å². The van der Waals surface area contributed by atoms with Crippen LogP contribution in [0.3, 0.4) is 0 Å². The highest BCUT2D eigenvalue weighted by Gasteiger charge is 2.01. The first-order chi connectivity index (χ1) is 7.79. The topological polar surface area (TPSA) is 39.2 Å². The fraction of sp³-hybridized carbons (Fsp3) is 0.0769. The maximum absolute atomic E-state index is 10.6. The predicted molar refractivity (Wildman–Crippen MR) is 60.9 cm³/mol. The van der Waals surface area contributed by atoms with E-state index in [-0.39, 0.29) is 0 Å². The Hall–Kier alpha value is -2.16. The number of pyridine rings is 1. The van der Waals surface area contributed by atoms with Crippen molar-refractivity contribution in [3.63, 3.8) is 0 Å². The number of benzene rings is 1. The van der Waals surface area contributed by atoms with Crippen molar-refractivity contribution in [1.29, 1.82) is 0 Å². The first kappa shape index (κ1) is 10.4. The molecule has 0 fully saturated rings. The van der Waals surface area contributed by atoms with E-state index >= 15 is 0 Å². The van der Waals surface area contributed by atoms with Gasteiger partial charge in [0, 0.05) is 11.8 Å². The van der Waals surface area contributed by atoms with Crippen LogP contribution < -0.4 is 4.74 Å². The number of carbonyl (C=O) groups excluding carboxylic acids is 1. The fourth-order valence-corrected chi connectivity index (χ4v) is 1.35. The fourth-order valence-electron chi connectivity index (χ4n) is 1.35. The monoisotopic (exact) mass is 213 g/mol. The molecule has 0 bridgehead atoms. The number of aldehydes is 1. The third-order valence-corrected chi connectivity index (χ3v) is 2.19. The van der Waals surface area contributed by atoms with E-state index in [1.807, 2.05) is 31.2 Å². The van der Waals surface area contributed by atoms with Crippen LogP contribution in [0.1, 0.15) is 15.9 Å². The van der Waals surface area contributed by atoms with Crippen LogP contribution >= 0.6 is 0 Å². The zero-order valence-corrected chi connectivity index (χ0v) is 8.88. The summed E-state index contributed by atoms with van der Waals surface area (Å²) in [6.45, 7) is 1.96. The summed E-state index contributed by atoms with van der Waals surface area (Å²) in [5.74, 6) is 1.34. The van der Waals surface area contributed by atoms with Gasteiger partial charge in [0.2, 0.25) is 0 Å². The van der Waals surface area contributed by atoms with Gasteiger partial charge in [-0.05, 0) is 24.6 Å². The van der Waals surface area contributed by atoms with Crippen LogP contribution in [0.2, 0.25) is 0 Å². The number of hydrogen-bond acceptors (Lipinski definition) is 3. The molecule has 3 nitrogen and oxygen atoms in total. The molecule has 0 aliphatic heterocycles. The van der Waals surface area contributed by atoms with Gasteiger partial charge in [0.05, 0.1) is 6.20 Å². The minimum atomic E-state index is 0.506. The maximum atomic E-state index is 10.6. The number of carbonyl (C=O) groups is 1. The number of aryl methyl sites for hydroxylation is 1. The number of hydrogen-bond donors (Lipinski definition) is 0. The Morgan fingerprint density at radius 2 is 2.06 bits per heavy atom. The molecule has 1 aromatic heterocycles. The number of nitrogens with zero attached hydrogens (tertiary/aromatic N) is 1. The summed E-state index contributed by atoms with van der Waals surface area (Å²) < 4.78 is 5.63. The Morgan fingerprint density at radius 1 is 1.25 bits per heavy atom. The molecule has 1 heterocycles. The summed E-state index contributed by atoms with van der Waals surface area (Å²) in [6.07, 6.45) is 3.83. The molecule has 3 heteroatoms. The molecule has 0 amide bonds. The molecule has 2 rings (SSSR count). The van der Waals surface area contributed by atoms with Crippen LogP contribution in [0.25, 0.3) is 0 Å². The zero-order chi connectivity index (χ0) is 11.4. The highest BCUT2D eigenvalue weighted by atomic mass is 16.5. The molecular formula is C13H11NO2. The molecule has 0 aliphatic carbocycles. The molecule has 0 radical (unpaired) electrons. The van der Waals surface area contributed by atoms with Crippen molar-refractivity contribution in [2.24, 2.45) is 0 Å². The van der Waals surface area contributed by atoms with E-state index in [4.69, 9.17) is 4.74 Å². The molecular weight excluding hydrogens is 202 g/mol. The van der Waals surface area contributed by atoms with Crippen LogP contribution in [0.4, 0.5) is 0 Å². The van der Waals surface area contributed by atoms with Crippen LogP contribution in [0.15, 0.2) is 42.7 Å².